The normalized spacial score (nSPS) is 18.2. The van der Waals surface area contributed by atoms with E-state index in [1.165, 1.54) is 4.90 Å². The molecule has 0 spiro atoms. The van der Waals surface area contributed by atoms with E-state index in [1.54, 1.807) is 6.92 Å². The van der Waals surface area contributed by atoms with Crippen LogP contribution in [0.5, 0.6) is 0 Å². The van der Waals surface area contributed by atoms with Crippen molar-refractivity contribution in [2.75, 3.05) is 13.1 Å². The van der Waals surface area contributed by atoms with Crippen LogP contribution in [-0.2, 0) is 6.18 Å². The smallest absolute Gasteiger partial charge is 0.339 e. The van der Waals surface area contributed by atoms with Gasteiger partial charge in [-0.3, -0.25) is 4.79 Å². The minimum Gasteiger partial charge on any atom is -0.339 e. The summed E-state index contributed by atoms with van der Waals surface area (Å²) in [6.45, 7) is 2.12. The van der Waals surface area contributed by atoms with Crippen molar-refractivity contribution in [3.05, 3.63) is 46.9 Å². The predicted octanol–water partition coefficient (Wildman–Crippen LogP) is 3.17. The standard InChI is InChI=1S/C15H13F4N3O2/c1-8-20-13(24-21-8)9-4-5-22(7-9)14(23)11-6-10(15(17,18)19)2-3-12(11)16/h2-3,6,9H,4-5,7H2,1H3. The molecule has 0 saturated carbocycles. The molecule has 128 valence electrons. The summed E-state index contributed by atoms with van der Waals surface area (Å²) in [6.07, 6.45) is -4.12. The van der Waals surface area contributed by atoms with Crippen LogP contribution in [0.2, 0.25) is 0 Å². The Morgan fingerprint density at radius 1 is 1.38 bits per heavy atom. The quantitative estimate of drug-likeness (QED) is 0.786. The number of amides is 1. The number of nitrogens with zero attached hydrogens (tertiary/aromatic N) is 3. The van der Waals surface area contributed by atoms with Crippen LogP contribution in [0.3, 0.4) is 0 Å². The van der Waals surface area contributed by atoms with Crippen molar-refractivity contribution in [2.24, 2.45) is 0 Å². The van der Waals surface area contributed by atoms with Gasteiger partial charge in [-0.15, -0.1) is 0 Å². The van der Waals surface area contributed by atoms with Gasteiger partial charge < -0.3 is 9.42 Å². The molecule has 1 fully saturated rings. The van der Waals surface area contributed by atoms with Crippen molar-refractivity contribution in [3.8, 4) is 0 Å². The van der Waals surface area contributed by atoms with Crippen molar-refractivity contribution in [3.63, 3.8) is 0 Å². The zero-order valence-electron chi connectivity index (χ0n) is 12.6. The maximum absolute atomic E-state index is 13.8. The molecule has 1 unspecified atom stereocenters. The number of benzene rings is 1. The summed E-state index contributed by atoms with van der Waals surface area (Å²) in [5, 5.41) is 3.67. The monoisotopic (exact) mass is 343 g/mol. The van der Waals surface area contributed by atoms with Gasteiger partial charge in [0.05, 0.1) is 17.0 Å². The van der Waals surface area contributed by atoms with E-state index in [1.807, 2.05) is 0 Å². The van der Waals surface area contributed by atoms with E-state index >= 15 is 0 Å². The molecule has 2 aromatic rings. The maximum atomic E-state index is 13.8. The molecule has 9 heteroatoms. The average Bonchev–Trinajstić information content (AvgIpc) is 3.14. The van der Waals surface area contributed by atoms with E-state index in [4.69, 9.17) is 4.52 Å². The molecule has 1 aromatic heterocycles. The molecule has 3 rings (SSSR count). The minimum absolute atomic E-state index is 0.191. The Balaban J connectivity index is 1.80. The molecular weight excluding hydrogens is 330 g/mol. The van der Waals surface area contributed by atoms with Gasteiger partial charge in [0.2, 0.25) is 5.89 Å². The summed E-state index contributed by atoms with van der Waals surface area (Å²) in [6, 6.07) is 1.81. The first-order valence-electron chi connectivity index (χ1n) is 7.22. The zero-order valence-corrected chi connectivity index (χ0v) is 12.6. The van der Waals surface area contributed by atoms with Crippen molar-refractivity contribution in [1.82, 2.24) is 15.0 Å². The molecule has 1 aliphatic heterocycles. The second kappa shape index (κ2) is 5.88. The lowest BCUT2D eigenvalue weighted by atomic mass is 10.1. The number of carbonyl (C=O) groups excluding carboxylic acids is 1. The van der Waals surface area contributed by atoms with Crippen molar-refractivity contribution < 1.29 is 26.9 Å². The van der Waals surface area contributed by atoms with E-state index in [9.17, 15) is 22.4 Å². The number of hydrogen-bond acceptors (Lipinski definition) is 4. The molecule has 1 saturated heterocycles. The van der Waals surface area contributed by atoms with Gasteiger partial charge >= 0.3 is 6.18 Å². The lowest BCUT2D eigenvalue weighted by Gasteiger charge is -2.17. The van der Waals surface area contributed by atoms with Crippen LogP contribution in [0, 0.1) is 12.7 Å². The molecule has 0 aliphatic carbocycles. The number of likely N-dealkylation sites (tertiary alicyclic amines) is 1. The molecule has 24 heavy (non-hydrogen) atoms. The van der Waals surface area contributed by atoms with E-state index in [2.05, 4.69) is 10.1 Å². The molecule has 1 aromatic carbocycles. The number of aryl methyl sites for hydroxylation is 1. The highest BCUT2D eigenvalue weighted by molar-refractivity contribution is 5.95. The second-order valence-corrected chi connectivity index (χ2v) is 5.61. The molecule has 1 aliphatic rings. The number of halogens is 4. The number of alkyl halides is 3. The molecule has 0 bridgehead atoms. The molecular formula is C15H13F4N3O2. The Labute approximate surface area is 134 Å². The zero-order chi connectivity index (χ0) is 17.5. The Morgan fingerprint density at radius 2 is 2.12 bits per heavy atom. The van der Waals surface area contributed by atoms with Gasteiger partial charge in [-0.1, -0.05) is 5.16 Å². The number of hydrogen-bond donors (Lipinski definition) is 0. The summed E-state index contributed by atoms with van der Waals surface area (Å²) >= 11 is 0. The highest BCUT2D eigenvalue weighted by Crippen LogP contribution is 2.32. The van der Waals surface area contributed by atoms with Gasteiger partial charge in [0.25, 0.3) is 5.91 Å². The van der Waals surface area contributed by atoms with E-state index in [-0.39, 0.29) is 19.0 Å². The summed E-state index contributed by atoms with van der Waals surface area (Å²) in [5.74, 6) is -1.14. The number of aromatic nitrogens is 2. The maximum Gasteiger partial charge on any atom is 0.416 e. The largest absolute Gasteiger partial charge is 0.416 e. The second-order valence-electron chi connectivity index (χ2n) is 5.61. The molecule has 5 nitrogen and oxygen atoms in total. The van der Waals surface area contributed by atoms with E-state index in [0.29, 0.717) is 36.3 Å². The van der Waals surface area contributed by atoms with Crippen LogP contribution in [0.15, 0.2) is 22.7 Å². The van der Waals surface area contributed by atoms with E-state index in [0.717, 1.165) is 0 Å². The Bertz CT molecular complexity index is 772. The van der Waals surface area contributed by atoms with Gasteiger partial charge in [0.1, 0.15) is 5.82 Å². The van der Waals surface area contributed by atoms with Gasteiger partial charge in [-0.05, 0) is 31.5 Å². The Kier molecular flexibility index (Phi) is 4.02. The molecule has 0 radical (unpaired) electrons. The third-order valence-electron chi connectivity index (χ3n) is 3.89. The minimum atomic E-state index is -4.64. The van der Waals surface area contributed by atoms with E-state index < -0.39 is 29.0 Å². The van der Waals surface area contributed by atoms with Gasteiger partial charge in [0.15, 0.2) is 5.82 Å². The summed E-state index contributed by atoms with van der Waals surface area (Å²) < 4.78 is 57.1. The van der Waals surface area contributed by atoms with Gasteiger partial charge in [0, 0.05) is 13.1 Å². The van der Waals surface area contributed by atoms with Crippen LogP contribution < -0.4 is 0 Å². The first-order valence-corrected chi connectivity index (χ1v) is 7.22. The first kappa shape index (κ1) is 16.4. The molecule has 1 amide bonds. The Morgan fingerprint density at radius 3 is 2.75 bits per heavy atom. The average molecular weight is 343 g/mol. The van der Waals surface area contributed by atoms with Crippen LogP contribution in [0.25, 0.3) is 0 Å². The van der Waals surface area contributed by atoms with Crippen molar-refractivity contribution >= 4 is 5.91 Å². The van der Waals surface area contributed by atoms with Crippen molar-refractivity contribution in [2.45, 2.75) is 25.4 Å². The topological polar surface area (TPSA) is 59.2 Å². The van der Waals surface area contributed by atoms with Gasteiger partial charge in [-0.25, -0.2) is 4.39 Å². The van der Waals surface area contributed by atoms with Crippen LogP contribution in [-0.4, -0.2) is 34.0 Å². The molecule has 2 heterocycles. The third kappa shape index (κ3) is 3.10. The van der Waals surface area contributed by atoms with Crippen LogP contribution >= 0.6 is 0 Å². The van der Waals surface area contributed by atoms with Gasteiger partial charge in [-0.2, -0.15) is 18.2 Å². The lowest BCUT2D eigenvalue weighted by Crippen LogP contribution is -2.29. The highest BCUT2D eigenvalue weighted by atomic mass is 19.4. The molecule has 0 N–H and O–H groups in total. The SMILES string of the molecule is Cc1noc(C2CCN(C(=O)c3cc(C(F)(F)F)ccc3F)C2)n1. The number of rotatable bonds is 2. The van der Waals surface area contributed by atoms with Crippen molar-refractivity contribution in [1.29, 1.82) is 0 Å². The first-order chi connectivity index (χ1) is 11.3. The lowest BCUT2D eigenvalue weighted by molar-refractivity contribution is -0.137. The summed E-state index contributed by atoms with van der Waals surface area (Å²) in [7, 11) is 0. The third-order valence-corrected chi connectivity index (χ3v) is 3.89. The summed E-state index contributed by atoms with van der Waals surface area (Å²) in [5.41, 5.74) is -1.65. The van der Waals surface area contributed by atoms with Crippen LogP contribution in [0.4, 0.5) is 17.6 Å². The Hall–Kier alpha value is -2.45. The molecule has 1 atom stereocenters. The fraction of sp³-hybridized carbons (Fsp3) is 0.400. The predicted molar refractivity (Wildman–Crippen MR) is 73.7 cm³/mol. The van der Waals surface area contributed by atoms with Crippen LogP contribution in [0.1, 0.15) is 40.0 Å². The summed E-state index contributed by atoms with van der Waals surface area (Å²) in [4.78, 5) is 17.8. The highest BCUT2D eigenvalue weighted by Gasteiger charge is 2.35. The number of carbonyl (C=O) groups is 1. The fourth-order valence-corrected chi connectivity index (χ4v) is 2.66. The fourth-order valence-electron chi connectivity index (χ4n) is 2.66.